The first-order chi connectivity index (χ1) is 54.1. The monoisotopic (exact) mass is 1560 g/mol. The van der Waals surface area contributed by atoms with Gasteiger partial charge >= 0.3 is 0 Å². The van der Waals surface area contributed by atoms with Crippen molar-refractivity contribution < 1.29 is 64.6 Å². The van der Waals surface area contributed by atoms with Crippen LogP contribution in [0.5, 0.6) is 0 Å². The summed E-state index contributed by atoms with van der Waals surface area (Å²) in [4.78, 5) is 109. The largest absolute Gasteiger partial charge is 0.375 e. The van der Waals surface area contributed by atoms with Crippen LogP contribution in [-0.4, -0.2) is 150 Å². The summed E-state index contributed by atoms with van der Waals surface area (Å²) in [5.74, 6) is -6.46. The predicted octanol–water partition coefficient (Wildman–Crippen LogP) is 16.1. The first kappa shape index (κ1) is 80.2. The molecule has 9 atom stereocenters. The Morgan fingerprint density at radius 2 is 0.754 bits per heavy atom. The maximum atomic E-state index is 15.1. The lowest BCUT2D eigenvalue weighted by molar-refractivity contribution is -0.140. The third-order valence-corrected chi connectivity index (χ3v) is 28.3. The number of Topliss-reactive ketones (excluding diaryl/α,β-unsaturated/α-hetero) is 1. The number of allylic oxidation sites excluding steroid dienone is 1. The number of fused-ring (bicyclic) bond motifs is 8. The smallest absolute Gasteiger partial charge is 0.238 e. The molecule has 3 spiro atoms. The minimum atomic E-state index is -0.724. The minimum Gasteiger partial charge on any atom is -0.375 e. The predicted molar refractivity (Wildman–Crippen MR) is 426 cm³/mol. The maximum Gasteiger partial charge on any atom is 0.238 e. The zero-order valence-electron chi connectivity index (χ0n) is 67.8. The van der Waals surface area contributed by atoms with E-state index in [1.165, 1.54) is 53.1 Å². The van der Waals surface area contributed by atoms with Crippen LogP contribution in [0.1, 0.15) is 210 Å². The fourth-order valence-corrected chi connectivity index (χ4v) is 21.7. The summed E-state index contributed by atoms with van der Waals surface area (Å²) in [6.45, 7) is 33.0. The van der Waals surface area contributed by atoms with E-state index in [0.717, 1.165) is 87.2 Å². The molecular formula is C93H107F6N7O8. The molecule has 3 saturated carbocycles. The Bertz CT molecular complexity index is 4720. The van der Waals surface area contributed by atoms with E-state index in [1.807, 2.05) is 59.1 Å². The van der Waals surface area contributed by atoms with Gasteiger partial charge in [-0.25, -0.2) is 26.3 Å². The molecular weight excluding hydrogens is 1460 g/mol. The molecule has 6 aromatic carbocycles. The van der Waals surface area contributed by atoms with Crippen LogP contribution in [0.2, 0.25) is 0 Å². The molecule has 0 radical (unpaired) electrons. The fourth-order valence-electron chi connectivity index (χ4n) is 21.7. The number of halogens is 6. The maximum absolute atomic E-state index is 15.1. The number of carbonyl (C=O) groups is 7. The molecule has 2 unspecified atom stereocenters. The van der Waals surface area contributed by atoms with Crippen molar-refractivity contribution in [3.63, 3.8) is 0 Å². The number of ketones is 1. The van der Waals surface area contributed by atoms with E-state index in [-0.39, 0.29) is 108 Å². The van der Waals surface area contributed by atoms with Crippen molar-refractivity contribution in [1.82, 2.24) is 19.6 Å². The highest BCUT2D eigenvalue weighted by Crippen LogP contribution is 2.56. The third-order valence-electron chi connectivity index (χ3n) is 28.3. The highest BCUT2D eigenvalue weighted by Gasteiger charge is 2.59. The molecule has 6 aromatic rings. The number of nitrogens with zero attached hydrogens (tertiary/aromatic N) is 7. The number of likely N-dealkylation sites (tertiary alicyclic amines) is 4. The lowest BCUT2D eigenvalue weighted by atomic mass is 9.72. The van der Waals surface area contributed by atoms with Crippen LogP contribution >= 0.6 is 0 Å². The average molecular weight is 1560 g/mol. The van der Waals surface area contributed by atoms with Gasteiger partial charge in [0.25, 0.3) is 0 Å². The lowest BCUT2D eigenvalue weighted by Gasteiger charge is -2.40. The zero-order valence-corrected chi connectivity index (χ0v) is 67.8. The van der Waals surface area contributed by atoms with Crippen LogP contribution in [0.3, 0.4) is 0 Å². The number of aryl methyl sites for hydroxylation is 6. The first-order valence-electron chi connectivity index (χ1n) is 41.3. The number of morpholine rings is 1. The number of anilines is 3. The van der Waals surface area contributed by atoms with Crippen molar-refractivity contribution in [2.24, 2.45) is 17.8 Å². The van der Waals surface area contributed by atoms with Crippen LogP contribution in [0, 0.1) is 94.2 Å². The van der Waals surface area contributed by atoms with Gasteiger partial charge in [-0.15, -0.1) is 0 Å². The molecule has 5 saturated heterocycles. The first-order valence-corrected chi connectivity index (χ1v) is 41.3. The second-order valence-corrected chi connectivity index (χ2v) is 35.8. The Hall–Kier alpha value is -8.95. The van der Waals surface area contributed by atoms with Gasteiger partial charge in [-0.3, -0.25) is 38.5 Å². The van der Waals surface area contributed by atoms with Crippen LogP contribution in [0.15, 0.2) is 103 Å². The molecule has 11 aliphatic rings. The number of carbonyl (C=O) groups excluding carboxylic acids is 7. The third kappa shape index (κ3) is 13.8. The van der Waals surface area contributed by atoms with E-state index < -0.39 is 68.9 Å². The summed E-state index contributed by atoms with van der Waals surface area (Å²) >= 11 is 0. The average Bonchev–Trinajstić information content (AvgIpc) is 1.57. The number of hydrogen-bond donors (Lipinski definition) is 0. The summed E-state index contributed by atoms with van der Waals surface area (Å²) in [6.07, 6.45) is 7.06. The van der Waals surface area contributed by atoms with Crippen molar-refractivity contribution in [3.8, 4) is 0 Å². The Morgan fingerprint density at radius 1 is 0.412 bits per heavy atom. The van der Waals surface area contributed by atoms with Gasteiger partial charge in [-0.2, -0.15) is 0 Å². The molecule has 17 rings (SSSR count). The summed E-state index contributed by atoms with van der Waals surface area (Å²) < 4.78 is 90.9. The van der Waals surface area contributed by atoms with E-state index in [0.29, 0.717) is 127 Å². The lowest BCUT2D eigenvalue weighted by Crippen LogP contribution is -2.52. The van der Waals surface area contributed by atoms with Crippen LogP contribution < -0.4 is 14.7 Å². The molecule has 8 heterocycles. The van der Waals surface area contributed by atoms with Gasteiger partial charge in [-0.05, 0) is 263 Å². The summed E-state index contributed by atoms with van der Waals surface area (Å²) in [7, 11) is 0. The van der Waals surface area contributed by atoms with Crippen molar-refractivity contribution in [2.75, 3.05) is 67.1 Å². The van der Waals surface area contributed by atoms with E-state index >= 15 is 4.39 Å². The quantitative estimate of drug-likeness (QED) is 0.0964. The van der Waals surface area contributed by atoms with Crippen LogP contribution in [0.4, 0.5) is 43.4 Å². The number of rotatable bonds is 10. The van der Waals surface area contributed by atoms with Crippen molar-refractivity contribution in [3.05, 3.63) is 205 Å². The summed E-state index contributed by atoms with van der Waals surface area (Å²) in [5, 5.41) is 0. The zero-order chi connectivity index (χ0) is 81.4. The van der Waals surface area contributed by atoms with Crippen molar-refractivity contribution in [1.29, 1.82) is 0 Å². The Morgan fingerprint density at radius 3 is 1.10 bits per heavy atom. The number of piperidine rings is 3. The minimum absolute atomic E-state index is 0.0215. The second kappa shape index (κ2) is 30.6. The van der Waals surface area contributed by atoms with Gasteiger partial charge in [-0.1, -0.05) is 48.6 Å². The molecule has 15 nitrogen and oxygen atoms in total. The van der Waals surface area contributed by atoms with E-state index in [1.54, 1.807) is 4.90 Å². The van der Waals surface area contributed by atoms with Gasteiger partial charge < -0.3 is 34.1 Å². The highest BCUT2D eigenvalue weighted by atomic mass is 19.2. The Kier molecular flexibility index (Phi) is 21.5. The number of benzene rings is 6. The van der Waals surface area contributed by atoms with E-state index in [2.05, 4.69) is 96.3 Å². The molecule has 0 N–H and O–H groups in total. The molecule has 21 heteroatoms. The SMILES string of the molecule is C=C1C[C@@H](C(=O)N2CCC3(CC2)C(=O)N(C(C)C)c2cc(C)c(C)cc23)[C@H](c2ccc(F)cc2F)C1.Cc1cc2c(cc1C)C1(CCN(C(=O)[C@@H]3CC(=O)C[C@H]3c3ccc(F)cc3F)CC1)C(=O)N2C(C)C.Cc1cc2c(cc1C)C1(CCN(C(=O)[C@@H]3CC(N4CC5C[C@H]4CO5)C[C@H]3c3ccc(F)cc3F)CC1)C(=O)N2C(C)C. The second-order valence-electron chi connectivity index (χ2n) is 35.8. The molecule has 0 aromatic heterocycles. The van der Waals surface area contributed by atoms with Gasteiger partial charge in [0, 0.05) is 148 Å². The molecule has 2 bridgehead atoms. The fraction of sp³-hybridized carbons (Fsp3) is 0.516. The molecule has 8 fully saturated rings. The summed E-state index contributed by atoms with van der Waals surface area (Å²) in [6, 6.07) is 24.2. The van der Waals surface area contributed by atoms with Gasteiger partial charge in [0.1, 0.15) is 40.7 Å². The van der Waals surface area contributed by atoms with Crippen molar-refractivity contribution >= 4 is 58.3 Å². The normalized spacial score (nSPS) is 25.8. The van der Waals surface area contributed by atoms with Crippen molar-refractivity contribution in [2.45, 2.75) is 237 Å². The van der Waals surface area contributed by atoms with Gasteiger partial charge in [0.15, 0.2) is 0 Å². The number of amides is 6. The summed E-state index contributed by atoms with van der Waals surface area (Å²) in [5.41, 5.74) is 13.2. The van der Waals surface area contributed by atoms with E-state index in [4.69, 9.17) is 4.74 Å². The molecule has 114 heavy (non-hydrogen) atoms. The molecule has 3 aliphatic carbocycles. The van der Waals surface area contributed by atoms with Gasteiger partial charge in [0.05, 0.1) is 34.9 Å². The Labute approximate surface area is 665 Å². The topological polar surface area (TPSA) is 151 Å². The van der Waals surface area contributed by atoms with Crippen LogP contribution in [-0.2, 0) is 54.5 Å². The van der Waals surface area contributed by atoms with E-state index in [9.17, 15) is 55.5 Å². The van der Waals surface area contributed by atoms with Crippen LogP contribution in [0.25, 0.3) is 0 Å². The Balaban J connectivity index is 0.000000135. The molecule has 6 amide bonds. The highest BCUT2D eigenvalue weighted by molar-refractivity contribution is 6.11. The molecule has 8 aliphatic heterocycles. The van der Waals surface area contributed by atoms with Gasteiger partial charge in [0.2, 0.25) is 35.4 Å². The standard InChI is InChI=1S/C34H41F2N3O3.C30H34F2N2O2.C29H32F2N2O3/c1-19(2)39-31-12-21(4)20(3)11-29(31)34(33(39)41)7-9-37(10-8-34)32(40)28-16-23(38-17-25-14-24(38)18-42-25)15-27(28)26-6-5-22(35)13-30(26)36;1-17(2)34-27-15-20(5)19(4)14-25(27)30(29(34)36)8-10-33(11-9-30)28(35)24-13-18(3)12-23(24)22-7-6-21(31)16-26(22)32;1-16(2)33-26-12-18(4)17(3)11-24(26)29(28(33)36)7-9-32(10-8-29)27(35)23-15-20(34)14-22(23)21-6-5-19(30)13-25(21)31/h5-6,11-13,19,23-25,27-28H,7-10,14-18H2,1-4H3;6-7,14-17,23-24H,3,8-13H2,1-2,4-5H3;5-6,11-13,16,22-23H,7-10,14-15H2,1-4H3/t23?,24-,25?,27-,28+;23-,24+;22-,23+/m000/s1. The number of hydrogen-bond acceptors (Lipinski definition) is 9. The number of ether oxygens (including phenoxy) is 1. The molecule has 604 valence electrons.